The van der Waals surface area contributed by atoms with E-state index in [1.165, 1.54) is 15.6 Å². The summed E-state index contributed by atoms with van der Waals surface area (Å²) in [5.41, 5.74) is 1.43. The molecule has 2 aromatic carbocycles. The molecule has 1 aliphatic heterocycles. The van der Waals surface area contributed by atoms with E-state index in [1.807, 2.05) is 18.2 Å². The Morgan fingerprint density at radius 3 is 2.57 bits per heavy atom. The van der Waals surface area contributed by atoms with Gasteiger partial charge in [-0.2, -0.15) is 4.31 Å². The molecule has 0 saturated carbocycles. The van der Waals surface area contributed by atoms with Crippen molar-refractivity contribution in [2.24, 2.45) is 5.92 Å². The third-order valence-corrected chi connectivity index (χ3v) is 9.49. The van der Waals surface area contributed by atoms with Gasteiger partial charge in [0, 0.05) is 31.4 Å². The number of carbonyl (C=O) groups is 1. The minimum Gasteiger partial charge on any atom is -0.283 e. The van der Waals surface area contributed by atoms with Gasteiger partial charge >= 0.3 is 0 Å². The smallest absolute Gasteiger partial charge is 0.243 e. The summed E-state index contributed by atoms with van der Waals surface area (Å²) in [6.45, 7) is 0.395. The highest BCUT2D eigenvalue weighted by molar-refractivity contribution is 7.89. The van der Waals surface area contributed by atoms with Gasteiger partial charge in [-0.1, -0.05) is 35.1 Å². The zero-order valence-corrected chi connectivity index (χ0v) is 21.7. The van der Waals surface area contributed by atoms with Crippen LogP contribution in [0.15, 0.2) is 65.8 Å². The molecule has 3 heterocycles. The van der Waals surface area contributed by atoms with Crippen LogP contribution in [0.25, 0.3) is 10.2 Å². The van der Waals surface area contributed by atoms with Crippen LogP contribution in [-0.4, -0.2) is 41.7 Å². The van der Waals surface area contributed by atoms with Gasteiger partial charge in [0.05, 0.1) is 21.2 Å². The minimum absolute atomic E-state index is 0.0736. The molecule has 0 aliphatic carbocycles. The number of halogens is 3. The molecule has 12 heteroatoms. The lowest BCUT2D eigenvalue weighted by Gasteiger charge is -2.33. The summed E-state index contributed by atoms with van der Waals surface area (Å²) < 4.78 is 54.9. The van der Waals surface area contributed by atoms with E-state index in [4.69, 9.17) is 11.6 Å². The number of piperidine rings is 1. The molecule has 7 nitrogen and oxygen atoms in total. The molecule has 4 aromatic rings. The second-order valence-electron chi connectivity index (χ2n) is 8.62. The van der Waals surface area contributed by atoms with Crippen molar-refractivity contribution in [2.45, 2.75) is 24.3 Å². The van der Waals surface area contributed by atoms with Crippen molar-refractivity contribution < 1.29 is 22.0 Å². The number of anilines is 1. The first-order chi connectivity index (χ1) is 17.7. The van der Waals surface area contributed by atoms with Crippen LogP contribution in [0.5, 0.6) is 0 Å². The van der Waals surface area contributed by atoms with Gasteiger partial charge in [0.15, 0.2) is 16.8 Å². The first-order valence-corrected chi connectivity index (χ1v) is 14.1. The van der Waals surface area contributed by atoms with Crippen molar-refractivity contribution in [1.82, 2.24) is 14.3 Å². The number of hydrogen-bond donors (Lipinski definition) is 0. The second-order valence-corrected chi connectivity index (χ2v) is 12.0. The van der Waals surface area contributed by atoms with Gasteiger partial charge in [0.2, 0.25) is 15.9 Å². The van der Waals surface area contributed by atoms with E-state index in [9.17, 15) is 22.0 Å². The molecule has 5 rings (SSSR count). The van der Waals surface area contributed by atoms with Gasteiger partial charge < -0.3 is 0 Å². The Labute approximate surface area is 221 Å². The molecule has 0 unspecified atom stereocenters. The standard InChI is InChI=1S/C25H21ClF2N4O3S2/c26-19-4-1-5-22-23(19)30-25(36-22)32(15-16-3-2-10-29-14-16)24(33)17-8-11-31(12-9-17)37(34,35)18-6-7-20(27)21(28)13-18/h1-7,10,13-14,17H,8-9,11-12,15H2. The van der Waals surface area contributed by atoms with Crippen molar-refractivity contribution in [3.05, 3.63) is 83.1 Å². The molecule has 0 radical (unpaired) electrons. The van der Waals surface area contributed by atoms with Crippen molar-refractivity contribution in [2.75, 3.05) is 18.0 Å². The summed E-state index contributed by atoms with van der Waals surface area (Å²) in [5, 5.41) is 0.985. The van der Waals surface area contributed by atoms with Gasteiger partial charge in [-0.25, -0.2) is 22.2 Å². The average molecular weight is 563 g/mol. The van der Waals surface area contributed by atoms with Gasteiger partial charge in [-0.05, 0) is 54.8 Å². The first kappa shape index (κ1) is 25.7. The largest absolute Gasteiger partial charge is 0.283 e. The normalized spacial score (nSPS) is 15.2. The van der Waals surface area contributed by atoms with Gasteiger partial charge in [0.1, 0.15) is 5.52 Å². The quantitative estimate of drug-likeness (QED) is 0.320. The number of sulfonamides is 1. The Morgan fingerprint density at radius 1 is 1.11 bits per heavy atom. The number of amides is 1. The van der Waals surface area contributed by atoms with E-state index in [1.54, 1.807) is 29.4 Å². The van der Waals surface area contributed by atoms with Crippen molar-refractivity contribution in [3.63, 3.8) is 0 Å². The third-order valence-electron chi connectivity index (χ3n) is 6.25. The predicted octanol–water partition coefficient (Wildman–Crippen LogP) is 5.26. The second kappa shape index (κ2) is 10.4. The summed E-state index contributed by atoms with van der Waals surface area (Å²) in [4.78, 5) is 23.8. The van der Waals surface area contributed by atoms with Crippen LogP contribution in [0.2, 0.25) is 5.02 Å². The maximum absolute atomic E-state index is 13.8. The Morgan fingerprint density at radius 2 is 1.89 bits per heavy atom. The molecule has 192 valence electrons. The maximum atomic E-state index is 13.8. The molecular formula is C25H21ClF2N4O3S2. The lowest BCUT2D eigenvalue weighted by atomic mass is 9.96. The number of rotatable bonds is 6. The number of thiazole rings is 1. The average Bonchev–Trinajstić information content (AvgIpc) is 3.34. The number of benzene rings is 2. The Balaban J connectivity index is 1.37. The molecule has 1 amide bonds. The van der Waals surface area contributed by atoms with Crippen LogP contribution in [-0.2, 0) is 21.4 Å². The zero-order valence-electron chi connectivity index (χ0n) is 19.4. The van der Waals surface area contributed by atoms with Crippen molar-refractivity contribution in [3.8, 4) is 0 Å². The van der Waals surface area contributed by atoms with E-state index in [0.29, 0.717) is 21.7 Å². The third kappa shape index (κ3) is 5.22. The number of hydrogen-bond acceptors (Lipinski definition) is 6. The van der Waals surface area contributed by atoms with Crippen LogP contribution in [0.4, 0.5) is 13.9 Å². The highest BCUT2D eigenvalue weighted by Crippen LogP contribution is 2.35. The molecule has 1 fully saturated rings. The fourth-order valence-electron chi connectivity index (χ4n) is 4.28. The Bertz CT molecular complexity index is 1560. The number of pyridine rings is 1. The molecule has 0 spiro atoms. The highest BCUT2D eigenvalue weighted by Gasteiger charge is 2.35. The van der Waals surface area contributed by atoms with Gasteiger partial charge in [-0.15, -0.1) is 0 Å². The van der Waals surface area contributed by atoms with E-state index in [0.717, 1.165) is 22.4 Å². The number of para-hydroxylation sites is 1. The zero-order chi connectivity index (χ0) is 26.2. The molecule has 0 atom stereocenters. The molecule has 1 aliphatic rings. The summed E-state index contributed by atoms with van der Waals surface area (Å²) in [6.07, 6.45) is 3.88. The summed E-state index contributed by atoms with van der Waals surface area (Å²) in [6, 6.07) is 11.6. The highest BCUT2D eigenvalue weighted by atomic mass is 35.5. The molecular weight excluding hydrogens is 542 g/mol. The molecule has 0 bridgehead atoms. The summed E-state index contributed by atoms with van der Waals surface area (Å²) >= 11 is 7.67. The lowest BCUT2D eigenvalue weighted by molar-refractivity contribution is -0.123. The number of fused-ring (bicyclic) bond motifs is 1. The van der Waals surface area contributed by atoms with E-state index >= 15 is 0 Å². The number of aromatic nitrogens is 2. The number of carbonyl (C=O) groups excluding carboxylic acids is 1. The van der Waals surface area contributed by atoms with Gasteiger partial charge in [0.25, 0.3) is 0 Å². The van der Waals surface area contributed by atoms with E-state index < -0.39 is 27.6 Å². The van der Waals surface area contributed by atoms with Gasteiger partial charge in [-0.3, -0.25) is 14.7 Å². The monoisotopic (exact) mass is 562 g/mol. The first-order valence-electron chi connectivity index (χ1n) is 11.4. The lowest BCUT2D eigenvalue weighted by Crippen LogP contribution is -2.44. The Kier molecular flexibility index (Phi) is 7.21. The van der Waals surface area contributed by atoms with E-state index in [-0.39, 0.29) is 43.3 Å². The van der Waals surface area contributed by atoms with Crippen molar-refractivity contribution >= 4 is 54.2 Å². The van der Waals surface area contributed by atoms with Crippen LogP contribution in [0.1, 0.15) is 18.4 Å². The Hall–Kier alpha value is -2.99. The topological polar surface area (TPSA) is 83.5 Å². The molecule has 1 saturated heterocycles. The fraction of sp³-hybridized carbons (Fsp3) is 0.240. The SMILES string of the molecule is O=C(C1CCN(S(=O)(=O)c2ccc(F)c(F)c2)CC1)N(Cc1cccnc1)c1nc2c(Cl)cccc2s1. The minimum atomic E-state index is -4.02. The van der Waals surface area contributed by atoms with Crippen LogP contribution in [0.3, 0.4) is 0 Å². The maximum Gasteiger partial charge on any atom is 0.243 e. The fourth-order valence-corrected chi connectivity index (χ4v) is 7.03. The van der Waals surface area contributed by atoms with Crippen LogP contribution >= 0.6 is 22.9 Å². The van der Waals surface area contributed by atoms with Crippen LogP contribution in [0, 0.1) is 17.6 Å². The van der Waals surface area contributed by atoms with Crippen LogP contribution < -0.4 is 4.90 Å². The molecule has 0 N–H and O–H groups in total. The molecule has 37 heavy (non-hydrogen) atoms. The number of nitrogens with zero attached hydrogens (tertiary/aromatic N) is 4. The predicted molar refractivity (Wildman–Crippen MR) is 138 cm³/mol. The molecule has 2 aromatic heterocycles. The summed E-state index contributed by atoms with van der Waals surface area (Å²) in [5.74, 6) is -2.97. The summed E-state index contributed by atoms with van der Waals surface area (Å²) in [7, 11) is -4.02. The van der Waals surface area contributed by atoms with Crippen molar-refractivity contribution in [1.29, 1.82) is 0 Å². The van der Waals surface area contributed by atoms with E-state index in [2.05, 4.69) is 9.97 Å².